The third-order valence-electron chi connectivity index (χ3n) is 2.46. The molecule has 0 saturated heterocycles. The zero-order valence-electron chi connectivity index (χ0n) is 15.2. The topological polar surface area (TPSA) is 52.6 Å². The first-order valence-corrected chi connectivity index (χ1v) is 6.85. The average molecular weight is 305 g/mol. The standard InChI is InChI=1S/C16H22O4.Mg.2H/c1-11(2)9-19-15(17)13-7-5-6-8-14(13)16(18)20-10-12(3)4;;;/h5-8,11-12H,9-10H2,1-4H3;;;/q;+2;2*-1. The molecule has 1 aromatic rings. The Balaban J connectivity index is -0.00000133. The van der Waals surface area contributed by atoms with E-state index in [9.17, 15) is 9.59 Å². The van der Waals surface area contributed by atoms with Crippen LogP contribution in [0.3, 0.4) is 0 Å². The van der Waals surface area contributed by atoms with E-state index in [2.05, 4.69) is 0 Å². The van der Waals surface area contributed by atoms with E-state index in [1.807, 2.05) is 27.7 Å². The van der Waals surface area contributed by atoms with Gasteiger partial charge in [-0.1, -0.05) is 39.8 Å². The molecule has 0 fully saturated rings. The summed E-state index contributed by atoms with van der Waals surface area (Å²) in [6.45, 7) is 8.47. The predicted octanol–water partition coefficient (Wildman–Crippen LogP) is 3.16. The number of carbonyl (C=O) groups is 2. The fourth-order valence-corrected chi connectivity index (χ4v) is 1.48. The second-order valence-electron chi connectivity index (χ2n) is 5.53. The molecule has 0 aliphatic heterocycles. The third kappa shape index (κ3) is 6.95. The van der Waals surface area contributed by atoms with E-state index in [1.54, 1.807) is 24.3 Å². The summed E-state index contributed by atoms with van der Waals surface area (Å²) < 4.78 is 10.3. The number of benzene rings is 1. The summed E-state index contributed by atoms with van der Waals surface area (Å²) in [4.78, 5) is 24.0. The summed E-state index contributed by atoms with van der Waals surface area (Å²) >= 11 is 0. The van der Waals surface area contributed by atoms with Gasteiger partial charge in [-0.3, -0.25) is 0 Å². The zero-order valence-corrected chi connectivity index (χ0v) is 14.6. The van der Waals surface area contributed by atoms with Crippen molar-refractivity contribution in [1.29, 1.82) is 0 Å². The molecule has 1 aromatic carbocycles. The number of hydrogen-bond acceptors (Lipinski definition) is 4. The molecule has 1 rings (SSSR count). The Morgan fingerprint density at radius 3 is 1.52 bits per heavy atom. The molecule has 0 bridgehead atoms. The van der Waals surface area contributed by atoms with Crippen molar-refractivity contribution in [2.75, 3.05) is 13.2 Å². The normalized spacial score (nSPS) is 10.2. The molecule has 0 heterocycles. The SMILES string of the molecule is CC(C)COC(=O)c1ccccc1C(=O)OCC(C)C.[H-].[H-].[Mg+2]. The van der Waals surface area contributed by atoms with Crippen molar-refractivity contribution in [2.24, 2.45) is 11.8 Å². The van der Waals surface area contributed by atoms with Gasteiger partial charge in [0.2, 0.25) is 0 Å². The Bertz CT molecular complexity index is 436. The van der Waals surface area contributed by atoms with Crippen molar-refractivity contribution >= 4 is 35.0 Å². The molecule has 0 amide bonds. The number of ether oxygens (including phenoxy) is 2. The molecule has 114 valence electrons. The molecule has 0 aromatic heterocycles. The van der Waals surface area contributed by atoms with E-state index in [0.717, 1.165) is 0 Å². The molecule has 0 aliphatic rings. The molecule has 4 nitrogen and oxygen atoms in total. The van der Waals surface area contributed by atoms with Gasteiger partial charge in [-0.15, -0.1) is 0 Å². The quantitative estimate of drug-likeness (QED) is 0.598. The molecule has 0 N–H and O–H groups in total. The number of hydrogen-bond donors (Lipinski definition) is 0. The van der Waals surface area contributed by atoms with Crippen molar-refractivity contribution in [1.82, 2.24) is 0 Å². The van der Waals surface area contributed by atoms with Gasteiger partial charge in [-0.25, -0.2) is 9.59 Å². The van der Waals surface area contributed by atoms with Gasteiger partial charge in [0.25, 0.3) is 0 Å². The van der Waals surface area contributed by atoms with Gasteiger partial charge >= 0.3 is 35.0 Å². The fraction of sp³-hybridized carbons (Fsp3) is 0.500. The molecule has 5 heteroatoms. The minimum Gasteiger partial charge on any atom is -1.00 e. The first kappa shape index (κ1) is 19.9. The van der Waals surface area contributed by atoms with E-state index in [1.165, 1.54) is 0 Å². The van der Waals surface area contributed by atoms with Crippen LogP contribution in [0.5, 0.6) is 0 Å². The minimum absolute atomic E-state index is 0. The van der Waals surface area contributed by atoms with Crippen LogP contribution in [-0.2, 0) is 9.47 Å². The Hall–Kier alpha value is -1.07. The van der Waals surface area contributed by atoms with Gasteiger partial charge in [0.15, 0.2) is 0 Å². The van der Waals surface area contributed by atoms with Crippen LogP contribution < -0.4 is 0 Å². The van der Waals surface area contributed by atoms with E-state index >= 15 is 0 Å². The van der Waals surface area contributed by atoms with Gasteiger partial charge in [-0.05, 0) is 24.0 Å². The number of carbonyl (C=O) groups excluding carboxylic acids is 2. The van der Waals surface area contributed by atoms with Gasteiger partial charge in [0.1, 0.15) is 0 Å². The van der Waals surface area contributed by atoms with Gasteiger partial charge in [-0.2, -0.15) is 0 Å². The Labute approximate surface area is 145 Å². The molecule has 0 spiro atoms. The van der Waals surface area contributed by atoms with Crippen LogP contribution in [0.2, 0.25) is 0 Å². The molecule has 0 atom stereocenters. The fourth-order valence-electron chi connectivity index (χ4n) is 1.48. The monoisotopic (exact) mass is 304 g/mol. The predicted molar refractivity (Wildman–Crippen MR) is 84.7 cm³/mol. The number of esters is 2. The first-order chi connectivity index (χ1) is 9.41. The second-order valence-corrected chi connectivity index (χ2v) is 5.53. The Kier molecular flexibility index (Phi) is 9.29. The summed E-state index contributed by atoms with van der Waals surface area (Å²) in [7, 11) is 0. The second kappa shape index (κ2) is 9.79. The first-order valence-electron chi connectivity index (χ1n) is 6.85. The molecular formula is C16H24MgO4. The summed E-state index contributed by atoms with van der Waals surface area (Å²) in [6, 6.07) is 6.56. The number of rotatable bonds is 6. The van der Waals surface area contributed by atoms with Crippen molar-refractivity contribution < 1.29 is 21.9 Å². The average Bonchev–Trinajstić information content (AvgIpc) is 2.42. The van der Waals surface area contributed by atoms with Crippen LogP contribution in [0, 0.1) is 11.8 Å². The van der Waals surface area contributed by atoms with Crippen molar-refractivity contribution in [3.63, 3.8) is 0 Å². The smallest absolute Gasteiger partial charge is 1.00 e. The summed E-state index contributed by atoms with van der Waals surface area (Å²) in [5.74, 6) is -0.482. The molecule has 0 saturated carbocycles. The van der Waals surface area contributed by atoms with Crippen molar-refractivity contribution in [3.8, 4) is 0 Å². The van der Waals surface area contributed by atoms with Gasteiger partial charge in [0, 0.05) is 0 Å². The van der Waals surface area contributed by atoms with E-state index in [0.29, 0.717) is 13.2 Å². The Morgan fingerprint density at radius 2 is 1.24 bits per heavy atom. The van der Waals surface area contributed by atoms with Crippen LogP contribution in [0.15, 0.2) is 24.3 Å². The molecular weight excluding hydrogens is 280 g/mol. The van der Waals surface area contributed by atoms with E-state index in [4.69, 9.17) is 9.47 Å². The van der Waals surface area contributed by atoms with Crippen LogP contribution in [0.1, 0.15) is 51.3 Å². The Morgan fingerprint density at radius 1 is 0.905 bits per heavy atom. The van der Waals surface area contributed by atoms with Crippen LogP contribution >= 0.6 is 0 Å². The summed E-state index contributed by atoms with van der Waals surface area (Å²) in [5.41, 5.74) is 0.504. The zero-order chi connectivity index (χ0) is 15.1. The maximum absolute atomic E-state index is 12.0. The summed E-state index contributed by atoms with van der Waals surface area (Å²) in [5, 5.41) is 0. The van der Waals surface area contributed by atoms with Crippen LogP contribution in [0.25, 0.3) is 0 Å². The van der Waals surface area contributed by atoms with Gasteiger partial charge in [0.05, 0.1) is 24.3 Å². The molecule has 21 heavy (non-hydrogen) atoms. The minimum atomic E-state index is -0.490. The summed E-state index contributed by atoms with van der Waals surface area (Å²) in [6.07, 6.45) is 0. The van der Waals surface area contributed by atoms with Gasteiger partial charge < -0.3 is 12.3 Å². The van der Waals surface area contributed by atoms with Crippen molar-refractivity contribution in [3.05, 3.63) is 35.4 Å². The van der Waals surface area contributed by atoms with Crippen LogP contribution in [-0.4, -0.2) is 48.2 Å². The van der Waals surface area contributed by atoms with Crippen LogP contribution in [0.4, 0.5) is 0 Å². The molecule has 0 radical (unpaired) electrons. The van der Waals surface area contributed by atoms with E-state index in [-0.39, 0.29) is 48.9 Å². The van der Waals surface area contributed by atoms with Crippen molar-refractivity contribution in [2.45, 2.75) is 27.7 Å². The largest absolute Gasteiger partial charge is 2.00 e. The molecule has 0 aliphatic carbocycles. The maximum Gasteiger partial charge on any atom is 2.00 e. The maximum atomic E-state index is 12.0. The molecule has 0 unspecified atom stereocenters. The third-order valence-corrected chi connectivity index (χ3v) is 2.46. The van der Waals surface area contributed by atoms with E-state index < -0.39 is 11.9 Å².